The van der Waals surface area contributed by atoms with Crippen molar-refractivity contribution >= 4 is 28.8 Å². The Morgan fingerprint density at radius 1 is 1.47 bits per heavy atom. The van der Waals surface area contributed by atoms with Gasteiger partial charge in [0.1, 0.15) is 17.3 Å². The molecule has 0 saturated heterocycles. The number of amides is 1. The first-order chi connectivity index (χ1) is 7.97. The van der Waals surface area contributed by atoms with Crippen molar-refractivity contribution in [3.63, 3.8) is 0 Å². The normalized spacial score (nSPS) is 11.9. The van der Waals surface area contributed by atoms with Gasteiger partial charge in [-0.15, -0.1) is 0 Å². The fourth-order valence-electron chi connectivity index (χ4n) is 1.34. The summed E-state index contributed by atoms with van der Waals surface area (Å²) >= 11 is 4.70. The number of anilines is 1. The Balaban J connectivity index is 2.91. The van der Waals surface area contributed by atoms with E-state index >= 15 is 0 Å². The number of rotatable bonds is 4. The lowest BCUT2D eigenvalue weighted by molar-refractivity contribution is -0.118. The molecule has 0 radical (unpaired) electrons. The molecule has 6 heteroatoms. The van der Waals surface area contributed by atoms with E-state index in [4.69, 9.17) is 18.0 Å². The predicted molar refractivity (Wildman–Crippen MR) is 65.6 cm³/mol. The minimum absolute atomic E-state index is 0.00162. The molecule has 1 aromatic carbocycles. The van der Waals surface area contributed by atoms with Crippen molar-refractivity contribution in [3.8, 4) is 0 Å². The van der Waals surface area contributed by atoms with Crippen LogP contribution in [0.25, 0.3) is 0 Å². The minimum Gasteiger partial charge on any atom is -0.393 e. The van der Waals surface area contributed by atoms with Crippen LogP contribution < -0.4 is 11.1 Å². The lowest BCUT2D eigenvalue weighted by atomic mass is 10.1. The van der Waals surface area contributed by atoms with Gasteiger partial charge in [-0.05, 0) is 18.6 Å². The second kappa shape index (κ2) is 5.67. The summed E-state index contributed by atoms with van der Waals surface area (Å²) in [6, 6.07) is 3.33. The number of nitrogens with two attached hydrogens (primary N) is 1. The Morgan fingerprint density at radius 2 is 2.00 bits per heavy atom. The van der Waals surface area contributed by atoms with E-state index < -0.39 is 29.1 Å². The molecule has 0 saturated carbocycles. The summed E-state index contributed by atoms with van der Waals surface area (Å²) in [4.78, 5) is 11.7. The zero-order valence-electron chi connectivity index (χ0n) is 9.17. The summed E-state index contributed by atoms with van der Waals surface area (Å²) in [6.07, 6.45) is 0.372. The fraction of sp³-hybridized carbons (Fsp3) is 0.273. The number of carbonyl (C=O) groups is 1. The molecule has 0 fully saturated rings. The highest BCUT2D eigenvalue weighted by atomic mass is 32.1. The van der Waals surface area contributed by atoms with Crippen LogP contribution in [-0.2, 0) is 4.79 Å². The maximum atomic E-state index is 13.3. The Hall–Kier alpha value is -1.56. The van der Waals surface area contributed by atoms with E-state index in [9.17, 15) is 13.6 Å². The van der Waals surface area contributed by atoms with E-state index in [0.29, 0.717) is 6.42 Å². The molecule has 3 nitrogen and oxygen atoms in total. The SMILES string of the molecule is CCC(C(=O)Nc1c(F)cccc1F)C(N)=S. The number of hydrogen-bond acceptors (Lipinski definition) is 2. The lowest BCUT2D eigenvalue weighted by Crippen LogP contribution is -2.33. The van der Waals surface area contributed by atoms with E-state index in [1.807, 2.05) is 0 Å². The molecule has 0 heterocycles. The van der Waals surface area contributed by atoms with Crippen molar-refractivity contribution in [2.24, 2.45) is 11.7 Å². The van der Waals surface area contributed by atoms with Crippen LogP contribution in [0.3, 0.4) is 0 Å². The molecule has 0 aliphatic rings. The van der Waals surface area contributed by atoms with Crippen molar-refractivity contribution in [2.45, 2.75) is 13.3 Å². The minimum atomic E-state index is -0.837. The molecule has 1 rings (SSSR count). The Bertz CT molecular complexity index is 431. The summed E-state index contributed by atoms with van der Waals surface area (Å²) in [5.41, 5.74) is 4.88. The number of para-hydroxylation sites is 1. The van der Waals surface area contributed by atoms with Gasteiger partial charge in [0.25, 0.3) is 0 Å². The average Bonchev–Trinajstić information content (AvgIpc) is 2.24. The molecule has 1 amide bonds. The van der Waals surface area contributed by atoms with Crippen molar-refractivity contribution in [2.75, 3.05) is 5.32 Å². The molecule has 0 aromatic heterocycles. The van der Waals surface area contributed by atoms with Crippen molar-refractivity contribution in [1.29, 1.82) is 0 Å². The first-order valence-corrected chi connectivity index (χ1v) is 5.42. The van der Waals surface area contributed by atoms with E-state index in [2.05, 4.69) is 5.32 Å². The molecule has 0 aliphatic heterocycles. The molecule has 1 unspecified atom stereocenters. The van der Waals surface area contributed by atoms with Gasteiger partial charge in [0.15, 0.2) is 0 Å². The Kier molecular flexibility index (Phi) is 4.51. The molecule has 3 N–H and O–H groups in total. The molecule has 0 bridgehead atoms. The van der Waals surface area contributed by atoms with Crippen LogP contribution in [0.1, 0.15) is 13.3 Å². The van der Waals surface area contributed by atoms with Crippen LogP contribution in [-0.4, -0.2) is 10.9 Å². The standard InChI is InChI=1S/C11H12F2N2OS/c1-2-6(10(14)17)11(16)15-9-7(12)4-3-5-8(9)13/h3-6H,2H2,1H3,(H2,14,17)(H,15,16). The third-order valence-corrected chi connectivity index (χ3v) is 2.56. The van der Waals surface area contributed by atoms with Gasteiger partial charge in [-0.25, -0.2) is 8.78 Å². The topological polar surface area (TPSA) is 55.1 Å². The second-order valence-electron chi connectivity index (χ2n) is 3.45. The molecule has 92 valence electrons. The van der Waals surface area contributed by atoms with Crippen molar-refractivity contribution in [3.05, 3.63) is 29.8 Å². The Morgan fingerprint density at radius 3 is 2.41 bits per heavy atom. The van der Waals surface area contributed by atoms with Crippen molar-refractivity contribution in [1.82, 2.24) is 0 Å². The summed E-state index contributed by atoms with van der Waals surface area (Å²) in [6.45, 7) is 1.71. The van der Waals surface area contributed by atoms with Crippen LogP contribution >= 0.6 is 12.2 Å². The highest BCUT2D eigenvalue weighted by molar-refractivity contribution is 7.80. The van der Waals surface area contributed by atoms with Crippen LogP contribution in [0, 0.1) is 17.6 Å². The number of nitrogens with one attached hydrogen (secondary N) is 1. The fourth-order valence-corrected chi connectivity index (χ4v) is 1.62. The van der Waals surface area contributed by atoms with Crippen LogP contribution in [0.5, 0.6) is 0 Å². The Labute approximate surface area is 103 Å². The van der Waals surface area contributed by atoms with Gasteiger partial charge in [-0.2, -0.15) is 0 Å². The molecule has 1 aromatic rings. The van der Waals surface area contributed by atoms with Gasteiger partial charge >= 0.3 is 0 Å². The van der Waals surface area contributed by atoms with Crippen molar-refractivity contribution < 1.29 is 13.6 Å². The molecule has 1 atom stereocenters. The maximum Gasteiger partial charge on any atom is 0.234 e. The van der Waals surface area contributed by atoms with E-state index in [-0.39, 0.29) is 4.99 Å². The number of hydrogen-bond donors (Lipinski definition) is 2. The molecule has 17 heavy (non-hydrogen) atoms. The number of benzene rings is 1. The molecule has 0 spiro atoms. The zero-order valence-corrected chi connectivity index (χ0v) is 9.98. The smallest absolute Gasteiger partial charge is 0.234 e. The number of thiocarbonyl (C=S) groups is 1. The lowest BCUT2D eigenvalue weighted by Gasteiger charge is -2.14. The third-order valence-electron chi connectivity index (χ3n) is 2.28. The van der Waals surface area contributed by atoms with Gasteiger partial charge < -0.3 is 11.1 Å². The zero-order chi connectivity index (χ0) is 13.0. The quantitative estimate of drug-likeness (QED) is 0.814. The van der Waals surface area contributed by atoms with Gasteiger partial charge in [0.2, 0.25) is 5.91 Å². The molecular weight excluding hydrogens is 246 g/mol. The van der Waals surface area contributed by atoms with Gasteiger partial charge in [0.05, 0.1) is 10.9 Å². The van der Waals surface area contributed by atoms with E-state index in [1.165, 1.54) is 6.07 Å². The summed E-state index contributed by atoms with van der Waals surface area (Å²) in [5, 5.41) is 2.15. The highest BCUT2D eigenvalue weighted by Gasteiger charge is 2.21. The van der Waals surface area contributed by atoms with E-state index in [1.54, 1.807) is 6.92 Å². The predicted octanol–water partition coefficient (Wildman–Crippen LogP) is 2.22. The third kappa shape index (κ3) is 3.20. The van der Waals surface area contributed by atoms with Crippen LogP contribution in [0.15, 0.2) is 18.2 Å². The summed E-state index contributed by atoms with van der Waals surface area (Å²) < 4.78 is 26.5. The first-order valence-electron chi connectivity index (χ1n) is 5.01. The monoisotopic (exact) mass is 258 g/mol. The first kappa shape index (κ1) is 13.5. The average molecular weight is 258 g/mol. The number of carbonyl (C=O) groups excluding carboxylic acids is 1. The van der Waals surface area contributed by atoms with Crippen LogP contribution in [0.4, 0.5) is 14.5 Å². The number of halogens is 2. The molecule has 0 aliphatic carbocycles. The van der Waals surface area contributed by atoms with Gasteiger partial charge in [-0.1, -0.05) is 25.2 Å². The van der Waals surface area contributed by atoms with E-state index in [0.717, 1.165) is 12.1 Å². The van der Waals surface area contributed by atoms with Gasteiger partial charge in [0, 0.05) is 0 Å². The summed E-state index contributed by atoms with van der Waals surface area (Å²) in [7, 11) is 0. The molecular formula is C11H12F2N2OS. The van der Waals surface area contributed by atoms with Crippen LogP contribution in [0.2, 0.25) is 0 Å². The largest absolute Gasteiger partial charge is 0.393 e. The maximum absolute atomic E-state index is 13.3. The van der Waals surface area contributed by atoms with Gasteiger partial charge in [-0.3, -0.25) is 4.79 Å². The second-order valence-corrected chi connectivity index (χ2v) is 3.92. The summed E-state index contributed by atoms with van der Waals surface area (Å²) in [5.74, 6) is -3.01. The highest BCUT2D eigenvalue weighted by Crippen LogP contribution is 2.19.